The Hall–Kier alpha value is -2.39. The molecule has 0 aliphatic rings. The zero-order chi connectivity index (χ0) is 15.4. The minimum atomic E-state index is -0.414. The molecule has 3 nitrogen and oxygen atoms in total. The van der Waals surface area contributed by atoms with Crippen LogP contribution in [0.15, 0.2) is 66.9 Å². The van der Waals surface area contributed by atoms with Gasteiger partial charge < -0.3 is 4.74 Å². The Morgan fingerprint density at radius 3 is 2.50 bits per heavy atom. The molecule has 0 fully saturated rings. The molecule has 2 aromatic carbocycles. The summed E-state index contributed by atoms with van der Waals surface area (Å²) in [4.78, 5) is 12.3. The third-order valence-electron chi connectivity index (χ3n) is 3.51. The first-order chi connectivity index (χ1) is 10.8. The van der Waals surface area contributed by atoms with E-state index in [0.29, 0.717) is 12.2 Å². The summed E-state index contributed by atoms with van der Waals surface area (Å²) in [5, 5.41) is 1.85. The topological polar surface area (TPSA) is 30.2 Å². The first-order valence-corrected chi connectivity index (χ1v) is 7.51. The molecule has 0 unspecified atom stereocenters. The van der Waals surface area contributed by atoms with Gasteiger partial charge in [0.2, 0.25) is 0 Å². The summed E-state index contributed by atoms with van der Waals surface area (Å²) in [5.74, 6) is -0.414. The van der Waals surface area contributed by atoms with Crippen molar-refractivity contribution in [2.75, 3.05) is 6.07 Å². The lowest BCUT2D eigenvalue weighted by Crippen LogP contribution is -2.41. The Morgan fingerprint density at radius 2 is 1.73 bits per heavy atom. The number of rotatable bonds is 4. The second kappa shape index (κ2) is 6.58. The van der Waals surface area contributed by atoms with Crippen LogP contribution in [0.4, 0.5) is 0 Å². The average Bonchev–Trinajstić information content (AvgIpc) is 2.55. The maximum Gasteiger partial charge on any atom is 0.405 e. The lowest BCUT2D eigenvalue weighted by atomic mass is 10.1. The smallest absolute Gasteiger partial charge is 0.405 e. The summed E-state index contributed by atoms with van der Waals surface area (Å²) < 4.78 is 6.92. The number of halogens is 1. The van der Waals surface area contributed by atoms with E-state index in [2.05, 4.69) is 0 Å². The van der Waals surface area contributed by atoms with E-state index in [1.807, 2.05) is 71.4 Å². The van der Waals surface area contributed by atoms with Gasteiger partial charge in [0, 0.05) is 11.6 Å². The van der Waals surface area contributed by atoms with Gasteiger partial charge in [0.05, 0.1) is 5.39 Å². The Bertz CT molecular complexity index is 803. The van der Waals surface area contributed by atoms with Crippen LogP contribution >= 0.6 is 11.6 Å². The molecular formula is C18H15ClNO2+. The van der Waals surface area contributed by atoms with Gasteiger partial charge in [0.15, 0.2) is 18.8 Å². The van der Waals surface area contributed by atoms with E-state index in [0.717, 1.165) is 16.3 Å². The number of fused-ring (bicyclic) bond motifs is 1. The monoisotopic (exact) mass is 312 g/mol. The number of esters is 1. The molecule has 3 aromatic rings. The van der Waals surface area contributed by atoms with Crippen molar-refractivity contribution < 1.29 is 14.1 Å². The van der Waals surface area contributed by atoms with Crippen molar-refractivity contribution in [1.82, 2.24) is 0 Å². The first kappa shape index (κ1) is 14.5. The molecule has 1 aromatic heterocycles. The minimum Gasteiger partial charge on any atom is -0.441 e. The molecule has 4 heteroatoms. The van der Waals surface area contributed by atoms with E-state index < -0.39 is 5.97 Å². The number of carbonyl (C=O) groups is 1. The Morgan fingerprint density at radius 1 is 1.00 bits per heavy atom. The predicted molar refractivity (Wildman–Crippen MR) is 85.8 cm³/mol. The number of aromatic nitrogens is 1. The zero-order valence-electron chi connectivity index (χ0n) is 11.9. The van der Waals surface area contributed by atoms with Crippen LogP contribution in [0.2, 0.25) is 0 Å². The van der Waals surface area contributed by atoms with Crippen LogP contribution in [0.1, 0.15) is 16.1 Å². The molecule has 1 heterocycles. The highest BCUT2D eigenvalue weighted by molar-refractivity contribution is 6.18. The summed E-state index contributed by atoms with van der Waals surface area (Å²) in [5.41, 5.74) is 1.63. The highest BCUT2D eigenvalue weighted by Gasteiger charge is 2.24. The third-order valence-corrected chi connectivity index (χ3v) is 3.62. The Kier molecular flexibility index (Phi) is 4.35. The first-order valence-electron chi connectivity index (χ1n) is 6.98. The number of carbonyl (C=O) groups excluding carboxylic acids is 1. The summed E-state index contributed by atoms with van der Waals surface area (Å²) in [7, 11) is 0. The lowest BCUT2D eigenvalue weighted by molar-refractivity contribution is -0.689. The molecule has 22 heavy (non-hydrogen) atoms. The number of benzene rings is 2. The number of ether oxygens (including phenoxy) is 1. The molecule has 0 amide bonds. The van der Waals surface area contributed by atoms with Gasteiger partial charge in [-0.3, -0.25) is 0 Å². The fourth-order valence-electron chi connectivity index (χ4n) is 2.51. The second-order valence-corrected chi connectivity index (χ2v) is 5.12. The SMILES string of the molecule is O=C(OCCl)c1c2ccccc2cc[n+]1Cc1ccccc1. The van der Waals surface area contributed by atoms with Crippen LogP contribution < -0.4 is 4.57 Å². The van der Waals surface area contributed by atoms with Crippen molar-refractivity contribution in [3.63, 3.8) is 0 Å². The average molecular weight is 313 g/mol. The highest BCUT2D eigenvalue weighted by atomic mass is 35.5. The van der Waals surface area contributed by atoms with Gasteiger partial charge >= 0.3 is 5.97 Å². The number of hydrogen-bond donors (Lipinski definition) is 0. The maximum atomic E-state index is 12.3. The number of nitrogens with zero attached hydrogens (tertiary/aromatic N) is 1. The third kappa shape index (κ3) is 2.95. The summed E-state index contributed by atoms with van der Waals surface area (Å²) in [6.45, 7) is 0.596. The predicted octanol–water partition coefficient (Wildman–Crippen LogP) is 3.53. The summed E-state index contributed by atoms with van der Waals surface area (Å²) in [6, 6.07) is 19.6. The van der Waals surface area contributed by atoms with Gasteiger partial charge in [-0.15, -0.1) is 0 Å². The molecule has 110 valence electrons. The van der Waals surface area contributed by atoms with Gasteiger partial charge in [-0.2, -0.15) is 4.57 Å². The van der Waals surface area contributed by atoms with Gasteiger partial charge in [0.25, 0.3) is 5.69 Å². The molecule has 0 bridgehead atoms. The molecule has 0 N–H and O–H groups in total. The number of pyridine rings is 1. The van der Waals surface area contributed by atoms with E-state index >= 15 is 0 Å². The van der Waals surface area contributed by atoms with Gasteiger partial charge in [-0.05, 0) is 11.5 Å². The fraction of sp³-hybridized carbons (Fsp3) is 0.111. The normalized spacial score (nSPS) is 10.6. The van der Waals surface area contributed by atoms with Gasteiger partial charge in [0.1, 0.15) is 0 Å². The van der Waals surface area contributed by atoms with Crippen LogP contribution in [0, 0.1) is 0 Å². The molecular weight excluding hydrogens is 298 g/mol. The van der Waals surface area contributed by atoms with Crippen LogP contribution in [0.25, 0.3) is 10.8 Å². The number of hydrogen-bond acceptors (Lipinski definition) is 2. The van der Waals surface area contributed by atoms with Crippen molar-refractivity contribution in [2.24, 2.45) is 0 Å². The highest BCUT2D eigenvalue weighted by Crippen LogP contribution is 2.17. The van der Waals surface area contributed by atoms with E-state index in [-0.39, 0.29) is 6.07 Å². The van der Waals surface area contributed by atoms with Crippen LogP contribution in [-0.4, -0.2) is 12.0 Å². The standard InChI is InChI=1S/C18H15ClNO2/c19-13-22-18(21)17-16-9-5-4-8-15(16)10-11-20(17)12-14-6-2-1-3-7-14/h1-11H,12-13H2/q+1. The zero-order valence-corrected chi connectivity index (χ0v) is 12.7. The van der Waals surface area contributed by atoms with Crippen LogP contribution in [0.5, 0.6) is 0 Å². The van der Waals surface area contributed by atoms with Crippen molar-refractivity contribution in [3.8, 4) is 0 Å². The Labute approximate surface area is 133 Å². The molecule has 0 spiro atoms. The van der Waals surface area contributed by atoms with Crippen molar-refractivity contribution in [3.05, 3.63) is 78.1 Å². The van der Waals surface area contributed by atoms with E-state index in [4.69, 9.17) is 16.3 Å². The largest absolute Gasteiger partial charge is 0.441 e. The van der Waals surface area contributed by atoms with Crippen LogP contribution in [0.3, 0.4) is 0 Å². The van der Waals surface area contributed by atoms with Gasteiger partial charge in [-0.25, -0.2) is 4.79 Å². The van der Waals surface area contributed by atoms with Crippen molar-refractivity contribution in [2.45, 2.75) is 6.54 Å². The Balaban J connectivity index is 2.12. The molecule has 0 aliphatic heterocycles. The molecule has 0 atom stereocenters. The fourth-order valence-corrected chi connectivity index (χ4v) is 2.61. The maximum absolute atomic E-state index is 12.3. The van der Waals surface area contributed by atoms with Crippen molar-refractivity contribution >= 4 is 28.3 Å². The number of alkyl halides is 1. The van der Waals surface area contributed by atoms with E-state index in [9.17, 15) is 4.79 Å². The second-order valence-electron chi connectivity index (χ2n) is 4.91. The van der Waals surface area contributed by atoms with Crippen molar-refractivity contribution in [1.29, 1.82) is 0 Å². The summed E-state index contributed by atoms with van der Waals surface area (Å²) >= 11 is 5.56. The molecule has 0 radical (unpaired) electrons. The van der Waals surface area contributed by atoms with E-state index in [1.54, 1.807) is 0 Å². The lowest BCUT2D eigenvalue weighted by Gasteiger charge is -2.07. The molecule has 3 rings (SSSR count). The molecule has 0 aliphatic carbocycles. The molecule has 0 saturated carbocycles. The molecule has 0 saturated heterocycles. The van der Waals surface area contributed by atoms with Crippen LogP contribution in [-0.2, 0) is 11.3 Å². The van der Waals surface area contributed by atoms with E-state index in [1.165, 1.54) is 0 Å². The van der Waals surface area contributed by atoms with Gasteiger partial charge in [-0.1, -0.05) is 60.1 Å². The minimum absolute atomic E-state index is 0.159. The quantitative estimate of drug-likeness (QED) is 0.419. The summed E-state index contributed by atoms with van der Waals surface area (Å²) in [6.07, 6.45) is 1.90.